The van der Waals surface area contributed by atoms with Crippen LogP contribution < -0.4 is 5.32 Å². The van der Waals surface area contributed by atoms with Gasteiger partial charge in [-0.25, -0.2) is 12.8 Å². The van der Waals surface area contributed by atoms with Gasteiger partial charge in [0.1, 0.15) is 5.82 Å². The summed E-state index contributed by atoms with van der Waals surface area (Å²) in [7, 11) is -3.50. The Morgan fingerprint density at radius 2 is 1.91 bits per heavy atom. The quantitative estimate of drug-likeness (QED) is 0.903. The van der Waals surface area contributed by atoms with E-state index in [2.05, 4.69) is 5.32 Å². The molecule has 122 valence electrons. The van der Waals surface area contributed by atoms with Crippen molar-refractivity contribution in [2.45, 2.75) is 43.5 Å². The van der Waals surface area contributed by atoms with Crippen molar-refractivity contribution in [1.82, 2.24) is 9.62 Å². The zero-order chi connectivity index (χ0) is 15.7. The molecule has 1 saturated heterocycles. The molecule has 1 N–H and O–H groups in total. The van der Waals surface area contributed by atoms with Crippen LogP contribution >= 0.6 is 0 Å². The molecule has 3 rings (SSSR count). The number of nitrogens with zero attached hydrogens (tertiary/aromatic N) is 1. The third-order valence-electron chi connectivity index (χ3n) is 4.61. The van der Waals surface area contributed by atoms with Crippen molar-refractivity contribution in [1.29, 1.82) is 0 Å². The molecule has 1 aliphatic heterocycles. The summed E-state index contributed by atoms with van der Waals surface area (Å²) in [5, 5.41) is 3.54. The fourth-order valence-electron chi connectivity index (χ4n) is 2.88. The summed E-state index contributed by atoms with van der Waals surface area (Å²) < 4.78 is 40.1. The molecule has 1 aromatic rings. The highest BCUT2D eigenvalue weighted by molar-refractivity contribution is 7.89. The van der Waals surface area contributed by atoms with Crippen LogP contribution in [-0.2, 0) is 10.0 Å². The third kappa shape index (κ3) is 3.50. The monoisotopic (exact) mass is 326 g/mol. The summed E-state index contributed by atoms with van der Waals surface area (Å²) in [6.07, 6.45) is 4.33. The van der Waals surface area contributed by atoms with E-state index in [9.17, 15) is 12.8 Å². The largest absolute Gasteiger partial charge is 0.314 e. The molecule has 0 spiro atoms. The lowest BCUT2D eigenvalue weighted by atomic mass is 10.1. The van der Waals surface area contributed by atoms with E-state index in [1.807, 2.05) is 0 Å². The van der Waals surface area contributed by atoms with Gasteiger partial charge in [-0.05, 0) is 68.8 Å². The number of benzene rings is 1. The summed E-state index contributed by atoms with van der Waals surface area (Å²) in [6.45, 7) is 3.71. The molecule has 2 aliphatic rings. The minimum absolute atomic E-state index is 0.191. The lowest BCUT2D eigenvalue weighted by Gasteiger charge is -2.31. The summed E-state index contributed by atoms with van der Waals surface area (Å²) in [5.74, 6) is 0.464. The van der Waals surface area contributed by atoms with Crippen LogP contribution in [0.4, 0.5) is 4.39 Å². The SMILES string of the molecule is Cc1cc(S(=O)(=O)N2CCC(NCC3CC3)CC2)ccc1F. The Kier molecular flexibility index (Phi) is 4.52. The van der Waals surface area contributed by atoms with Gasteiger partial charge in [-0.15, -0.1) is 0 Å². The van der Waals surface area contributed by atoms with Gasteiger partial charge >= 0.3 is 0 Å². The first-order chi connectivity index (χ1) is 10.5. The van der Waals surface area contributed by atoms with Crippen LogP contribution in [0.3, 0.4) is 0 Å². The van der Waals surface area contributed by atoms with Crippen LogP contribution in [0.5, 0.6) is 0 Å². The second-order valence-corrected chi connectivity index (χ2v) is 8.38. The van der Waals surface area contributed by atoms with E-state index in [-0.39, 0.29) is 10.7 Å². The fraction of sp³-hybridized carbons (Fsp3) is 0.625. The molecular formula is C16H23FN2O2S. The Labute approximate surface area is 131 Å². The van der Waals surface area contributed by atoms with Gasteiger partial charge in [0, 0.05) is 19.1 Å². The van der Waals surface area contributed by atoms with Crippen molar-refractivity contribution in [2.75, 3.05) is 19.6 Å². The molecule has 6 heteroatoms. The summed E-state index contributed by atoms with van der Waals surface area (Å²) in [4.78, 5) is 0.191. The standard InChI is InChI=1S/C16H23FN2O2S/c1-12-10-15(4-5-16(12)17)22(20,21)19-8-6-14(7-9-19)18-11-13-2-3-13/h4-5,10,13-14,18H,2-3,6-9,11H2,1H3. The van der Waals surface area contributed by atoms with E-state index in [1.54, 1.807) is 6.92 Å². The predicted molar refractivity (Wildman–Crippen MR) is 83.6 cm³/mol. The average Bonchev–Trinajstić information content (AvgIpc) is 3.32. The van der Waals surface area contributed by atoms with Crippen molar-refractivity contribution < 1.29 is 12.8 Å². The molecule has 1 aromatic carbocycles. The van der Waals surface area contributed by atoms with Gasteiger partial charge in [-0.3, -0.25) is 0 Å². The second kappa shape index (κ2) is 6.26. The van der Waals surface area contributed by atoms with Crippen LogP contribution in [0, 0.1) is 18.7 Å². The molecule has 0 unspecified atom stereocenters. The molecule has 2 fully saturated rings. The molecule has 0 aromatic heterocycles. The minimum atomic E-state index is -3.50. The van der Waals surface area contributed by atoms with Crippen molar-refractivity contribution in [3.8, 4) is 0 Å². The minimum Gasteiger partial charge on any atom is -0.314 e. The predicted octanol–water partition coefficient (Wildman–Crippen LogP) is 2.29. The zero-order valence-electron chi connectivity index (χ0n) is 12.9. The number of rotatable bonds is 5. The summed E-state index contributed by atoms with van der Waals surface area (Å²) in [6, 6.07) is 4.42. The molecule has 0 bridgehead atoms. The molecule has 1 saturated carbocycles. The zero-order valence-corrected chi connectivity index (χ0v) is 13.7. The first-order valence-electron chi connectivity index (χ1n) is 7.96. The maximum Gasteiger partial charge on any atom is 0.243 e. The fourth-order valence-corrected chi connectivity index (χ4v) is 4.44. The number of nitrogens with one attached hydrogen (secondary N) is 1. The smallest absolute Gasteiger partial charge is 0.243 e. The van der Waals surface area contributed by atoms with Gasteiger partial charge in [0.2, 0.25) is 10.0 Å². The highest BCUT2D eigenvalue weighted by Crippen LogP contribution is 2.28. The highest BCUT2D eigenvalue weighted by atomic mass is 32.2. The van der Waals surface area contributed by atoms with Gasteiger partial charge in [0.05, 0.1) is 4.90 Å². The first kappa shape index (κ1) is 15.9. The van der Waals surface area contributed by atoms with Crippen LogP contribution in [0.15, 0.2) is 23.1 Å². The molecule has 1 heterocycles. The van der Waals surface area contributed by atoms with Crippen molar-refractivity contribution in [3.63, 3.8) is 0 Å². The number of piperidine rings is 1. The molecule has 4 nitrogen and oxygen atoms in total. The third-order valence-corrected chi connectivity index (χ3v) is 6.51. The van der Waals surface area contributed by atoms with Gasteiger partial charge < -0.3 is 5.32 Å². The number of aryl methyl sites for hydroxylation is 1. The molecule has 1 aliphatic carbocycles. The Bertz CT molecular complexity index is 636. The average molecular weight is 326 g/mol. The van der Waals surface area contributed by atoms with E-state index in [0.717, 1.165) is 25.3 Å². The van der Waals surface area contributed by atoms with Crippen LogP contribution in [0.25, 0.3) is 0 Å². The van der Waals surface area contributed by atoms with Crippen LogP contribution in [-0.4, -0.2) is 38.4 Å². The van der Waals surface area contributed by atoms with E-state index in [0.29, 0.717) is 24.7 Å². The Balaban J connectivity index is 1.62. The highest BCUT2D eigenvalue weighted by Gasteiger charge is 2.30. The van der Waals surface area contributed by atoms with Crippen LogP contribution in [0.1, 0.15) is 31.2 Å². The van der Waals surface area contributed by atoms with Gasteiger partial charge in [-0.2, -0.15) is 4.31 Å². The first-order valence-corrected chi connectivity index (χ1v) is 9.40. The van der Waals surface area contributed by atoms with E-state index in [1.165, 1.54) is 35.3 Å². The van der Waals surface area contributed by atoms with Gasteiger partial charge in [0.25, 0.3) is 0 Å². The van der Waals surface area contributed by atoms with Crippen molar-refractivity contribution >= 4 is 10.0 Å². The lowest BCUT2D eigenvalue weighted by Crippen LogP contribution is -2.45. The molecule has 22 heavy (non-hydrogen) atoms. The van der Waals surface area contributed by atoms with Crippen molar-refractivity contribution in [2.24, 2.45) is 5.92 Å². The summed E-state index contributed by atoms with van der Waals surface area (Å²) in [5.41, 5.74) is 0.363. The van der Waals surface area contributed by atoms with E-state index in [4.69, 9.17) is 0 Å². The number of hydrogen-bond acceptors (Lipinski definition) is 3. The number of hydrogen-bond donors (Lipinski definition) is 1. The molecule has 0 radical (unpaired) electrons. The Morgan fingerprint density at radius 1 is 1.23 bits per heavy atom. The maximum absolute atomic E-state index is 13.3. The Hall–Kier alpha value is -0.980. The topological polar surface area (TPSA) is 49.4 Å². The Morgan fingerprint density at radius 3 is 2.50 bits per heavy atom. The van der Waals surface area contributed by atoms with E-state index < -0.39 is 10.0 Å². The number of halogens is 1. The molecule has 0 atom stereocenters. The second-order valence-electron chi connectivity index (χ2n) is 6.44. The molecular weight excluding hydrogens is 303 g/mol. The lowest BCUT2D eigenvalue weighted by molar-refractivity contribution is 0.288. The van der Waals surface area contributed by atoms with E-state index >= 15 is 0 Å². The summed E-state index contributed by atoms with van der Waals surface area (Å²) >= 11 is 0. The normalized spacial score (nSPS) is 21.2. The van der Waals surface area contributed by atoms with Crippen LogP contribution in [0.2, 0.25) is 0 Å². The number of sulfonamides is 1. The molecule has 0 amide bonds. The van der Waals surface area contributed by atoms with Gasteiger partial charge in [-0.1, -0.05) is 0 Å². The maximum atomic E-state index is 13.3. The van der Waals surface area contributed by atoms with Crippen molar-refractivity contribution in [3.05, 3.63) is 29.6 Å². The van der Waals surface area contributed by atoms with Gasteiger partial charge in [0.15, 0.2) is 0 Å².